The van der Waals surface area contributed by atoms with Gasteiger partial charge in [-0.05, 0) is 44.1 Å². The summed E-state index contributed by atoms with van der Waals surface area (Å²) in [6.07, 6.45) is 2.21. The highest BCUT2D eigenvalue weighted by atomic mass is 32.2. The van der Waals surface area contributed by atoms with Crippen molar-refractivity contribution in [2.24, 2.45) is 0 Å². The van der Waals surface area contributed by atoms with Crippen molar-refractivity contribution in [2.45, 2.75) is 24.6 Å². The molecule has 1 unspecified atom stereocenters. The Kier molecular flexibility index (Phi) is 4.67. The Morgan fingerprint density at radius 2 is 2.20 bits per heavy atom. The first-order valence-electron chi connectivity index (χ1n) is 6.87. The number of sulfonamides is 1. The quantitative estimate of drug-likeness (QED) is 0.827. The zero-order valence-electron chi connectivity index (χ0n) is 12.1. The van der Waals surface area contributed by atoms with Crippen LogP contribution in [0.25, 0.3) is 0 Å². The summed E-state index contributed by atoms with van der Waals surface area (Å²) in [5.74, 6) is 0.00493. The van der Waals surface area contributed by atoms with Crippen molar-refractivity contribution in [3.8, 4) is 0 Å². The third kappa shape index (κ3) is 3.71. The maximum atomic E-state index is 12.4. The Labute approximate surface area is 121 Å². The van der Waals surface area contributed by atoms with Crippen molar-refractivity contribution in [1.82, 2.24) is 9.21 Å². The van der Waals surface area contributed by atoms with Gasteiger partial charge in [0.25, 0.3) is 0 Å². The lowest BCUT2D eigenvalue weighted by molar-refractivity contribution is 0.271. The molecule has 6 heteroatoms. The molecule has 0 aromatic heterocycles. The van der Waals surface area contributed by atoms with Gasteiger partial charge in [-0.3, -0.25) is 0 Å². The van der Waals surface area contributed by atoms with Gasteiger partial charge in [0.05, 0.1) is 5.75 Å². The molecule has 1 aromatic rings. The van der Waals surface area contributed by atoms with E-state index in [1.807, 2.05) is 0 Å². The van der Waals surface area contributed by atoms with Crippen molar-refractivity contribution in [3.05, 3.63) is 29.8 Å². The van der Waals surface area contributed by atoms with Crippen LogP contribution in [0.3, 0.4) is 0 Å². The van der Waals surface area contributed by atoms with E-state index >= 15 is 0 Å². The minimum absolute atomic E-state index is 0.00493. The van der Waals surface area contributed by atoms with Crippen LogP contribution in [-0.2, 0) is 15.8 Å². The summed E-state index contributed by atoms with van der Waals surface area (Å²) in [5.41, 5.74) is 7.02. The van der Waals surface area contributed by atoms with E-state index in [9.17, 15) is 8.42 Å². The van der Waals surface area contributed by atoms with Gasteiger partial charge >= 0.3 is 0 Å². The lowest BCUT2D eigenvalue weighted by Gasteiger charge is -2.25. The third-order valence-electron chi connectivity index (χ3n) is 3.91. The normalized spacial score (nSPS) is 20.6. The number of nitrogen functional groups attached to an aromatic ring is 1. The van der Waals surface area contributed by atoms with Gasteiger partial charge in [-0.15, -0.1) is 0 Å². The maximum absolute atomic E-state index is 12.4. The topological polar surface area (TPSA) is 66.6 Å². The zero-order valence-corrected chi connectivity index (χ0v) is 12.9. The van der Waals surface area contributed by atoms with Crippen LogP contribution in [0.2, 0.25) is 0 Å². The number of likely N-dealkylation sites (N-methyl/N-ethyl adjacent to an activating group) is 2. The summed E-state index contributed by atoms with van der Waals surface area (Å²) in [6, 6.07) is 7.38. The van der Waals surface area contributed by atoms with E-state index < -0.39 is 10.0 Å². The lowest BCUT2D eigenvalue weighted by atomic mass is 10.2. The van der Waals surface area contributed by atoms with Crippen LogP contribution in [0.1, 0.15) is 18.4 Å². The average Bonchev–Trinajstić information content (AvgIpc) is 2.74. The zero-order chi connectivity index (χ0) is 14.8. The number of hydrogen-bond donors (Lipinski definition) is 1. The summed E-state index contributed by atoms with van der Waals surface area (Å²) >= 11 is 0. The van der Waals surface area contributed by atoms with Crippen LogP contribution in [0.15, 0.2) is 24.3 Å². The first-order chi connectivity index (χ1) is 9.38. The van der Waals surface area contributed by atoms with Gasteiger partial charge in [0.2, 0.25) is 10.0 Å². The fourth-order valence-corrected chi connectivity index (χ4v) is 3.84. The fraction of sp³-hybridized carbons (Fsp3) is 0.571. The molecule has 0 aliphatic carbocycles. The maximum Gasteiger partial charge on any atom is 0.218 e. The molecule has 1 heterocycles. The van der Waals surface area contributed by atoms with E-state index in [0.29, 0.717) is 18.3 Å². The molecule has 20 heavy (non-hydrogen) atoms. The molecule has 112 valence electrons. The summed E-state index contributed by atoms with van der Waals surface area (Å²) in [5, 5.41) is 0. The van der Waals surface area contributed by atoms with Gasteiger partial charge in [-0.25, -0.2) is 12.7 Å². The first-order valence-corrected chi connectivity index (χ1v) is 8.48. The summed E-state index contributed by atoms with van der Waals surface area (Å²) in [6.45, 7) is 1.61. The molecule has 0 radical (unpaired) electrons. The SMILES string of the molecule is CN1CCCC1CN(C)S(=O)(=O)Cc1cccc(N)c1. The molecule has 2 rings (SSSR count). The molecule has 0 spiro atoms. The minimum atomic E-state index is -3.29. The van der Waals surface area contributed by atoms with Gasteiger partial charge in [-0.2, -0.15) is 0 Å². The monoisotopic (exact) mass is 297 g/mol. The predicted molar refractivity (Wildman–Crippen MR) is 81.8 cm³/mol. The highest BCUT2D eigenvalue weighted by Crippen LogP contribution is 2.18. The van der Waals surface area contributed by atoms with Gasteiger partial charge in [0.1, 0.15) is 0 Å². The molecule has 0 bridgehead atoms. The molecule has 0 amide bonds. The number of nitrogens with zero attached hydrogens (tertiary/aromatic N) is 2. The van der Waals surface area contributed by atoms with Crippen molar-refractivity contribution >= 4 is 15.7 Å². The van der Waals surface area contributed by atoms with Gasteiger partial charge < -0.3 is 10.6 Å². The van der Waals surface area contributed by atoms with Crippen LogP contribution in [0.5, 0.6) is 0 Å². The molecular formula is C14H23N3O2S. The number of benzene rings is 1. The standard InChI is InChI=1S/C14H23N3O2S/c1-16-8-4-7-14(16)10-17(2)20(18,19)11-12-5-3-6-13(15)9-12/h3,5-6,9,14H,4,7-8,10-11,15H2,1-2H3. The molecule has 1 fully saturated rings. The highest BCUT2D eigenvalue weighted by molar-refractivity contribution is 7.88. The largest absolute Gasteiger partial charge is 0.399 e. The Morgan fingerprint density at radius 3 is 2.80 bits per heavy atom. The van der Waals surface area contributed by atoms with Crippen molar-refractivity contribution < 1.29 is 8.42 Å². The van der Waals surface area contributed by atoms with Crippen LogP contribution in [0.4, 0.5) is 5.69 Å². The average molecular weight is 297 g/mol. The molecule has 1 atom stereocenters. The van der Waals surface area contributed by atoms with E-state index in [0.717, 1.165) is 24.9 Å². The van der Waals surface area contributed by atoms with Crippen LogP contribution < -0.4 is 5.73 Å². The van der Waals surface area contributed by atoms with E-state index in [2.05, 4.69) is 11.9 Å². The smallest absolute Gasteiger partial charge is 0.218 e. The Hall–Kier alpha value is -1.11. The third-order valence-corrected chi connectivity index (χ3v) is 5.71. The highest BCUT2D eigenvalue weighted by Gasteiger charge is 2.27. The van der Waals surface area contributed by atoms with E-state index in [1.54, 1.807) is 31.3 Å². The number of nitrogens with two attached hydrogens (primary N) is 1. The van der Waals surface area contributed by atoms with Crippen LogP contribution >= 0.6 is 0 Å². The number of anilines is 1. The summed E-state index contributed by atoms with van der Waals surface area (Å²) in [7, 11) is 0.422. The molecule has 0 saturated carbocycles. The Balaban J connectivity index is 2.02. The van der Waals surface area contributed by atoms with Crippen molar-refractivity contribution in [1.29, 1.82) is 0 Å². The van der Waals surface area contributed by atoms with Crippen LogP contribution in [0, 0.1) is 0 Å². The lowest BCUT2D eigenvalue weighted by Crippen LogP contribution is -2.39. The molecule has 1 saturated heterocycles. The second-order valence-electron chi connectivity index (χ2n) is 5.56. The molecule has 1 aliphatic heterocycles. The first kappa shape index (κ1) is 15.3. The number of rotatable bonds is 5. The van der Waals surface area contributed by atoms with E-state index in [4.69, 9.17) is 5.73 Å². The van der Waals surface area contributed by atoms with E-state index in [-0.39, 0.29) is 5.75 Å². The molecule has 1 aliphatic rings. The molecule has 1 aromatic carbocycles. The number of hydrogen-bond acceptors (Lipinski definition) is 4. The van der Waals surface area contributed by atoms with Crippen molar-refractivity contribution in [3.63, 3.8) is 0 Å². The summed E-state index contributed by atoms with van der Waals surface area (Å²) < 4.78 is 26.2. The van der Waals surface area contributed by atoms with E-state index in [1.165, 1.54) is 4.31 Å². The second kappa shape index (κ2) is 6.11. The van der Waals surface area contributed by atoms with Gasteiger partial charge in [0, 0.05) is 25.3 Å². The molecule has 5 nitrogen and oxygen atoms in total. The Bertz CT molecular complexity index is 559. The minimum Gasteiger partial charge on any atom is -0.399 e. The van der Waals surface area contributed by atoms with Gasteiger partial charge in [0.15, 0.2) is 0 Å². The molecular weight excluding hydrogens is 274 g/mol. The fourth-order valence-electron chi connectivity index (χ4n) is 2.62. The van der Waals surface area contributed by atoms with Crippen molar-refractivity contribution in [2.75, 3.05) is 32.9 Å². The Morgan fingerprint density at radius 1 is 1.45 bits per heavy atom. The molecule has 2 N–H and O–H groups in total. The van der Waals surface area contributed by atoms with Gasteiger partial charge in [-0.1, -0.05) is 12.1 Å². The second-order valence-corrected chi connectivity index (χ2v) is 7.63. The number of likely N-dealkylation sites (tertiary alicyclic amines) is 1. The predicted octanol–water partition coefficient (Wildman–Crippen LogP) is 1.12. The summed E-state index contributed by atoms with van der Waals surface area (Å²) in [4.78, 5) is 2.23. The van der Waals surface area contributed by atoms with Crippen LogP contribution in [-0.4, -0.2) is 50.8 Å².